The van der Waals surface area contributed by atoms with E-state index in [0.29, 0.717) is 19.5 Å². The Bertz CT molecular complexity index is 920. The molecule has 0 bridgehead atoms. The van der Waals surface area contributed by atoms with Crippen molar-refractivity contribution in [3.63, 3.8) is 0 Å². The lowest BCUT2D eigenvalue weighted by Gasteiger charge is -2.28. The van der Waals surface area contributed by atoms with Gasteiger partial charge in [0, 0.05) is 44.0 Å². The highest BCUT2D eigenvalue weighted by atomic mass is 16.5. The molecular weight excluding hydrogens is 390 g/mol. The standard InChI is InChI=1S/C25H29N3O3/c29-25(26-22-8-10-23(11-9-22)28-14-17-30-18-15-28)12-13-27(20-24-7-4-16-31-24)19-21-5-2-1-3-6-21/h1-11,16H,12-15,17-20H2,(H,26,29). The summed E-state index contributed by atoms with van der Waals surface area (Å²) in [5, 5.41) is 3.02. The molecule has 6 nitrogen and oxygen atoms in total. The Hall–Kier alpha value is -3.09. The number of anilines is 2. The van der Waals surface area contributed by atoms with E-state index in [1.807, 2.05) is 42.5 Å². The molecule has 0 atom stereocenters. The summed E-state index contributed by atoms with van der Waals surface area (Å²) < 4.78 is 10.9. The molecule has 2 aromatic carbocycles. The molecule has 6 heteroatoms. The quantitative estimate of drug-likeness (QED) is 0.565. The molecule has 1 saturated heterocycles. The highest BCUT2D eigenvalue weighted by Gasteiger charge is 2.13. The van der Waals surface area contributed by atoms with Gasteiger partial charge in [0.1, 0.15) is 5.76 Å². The van der Waals surface area contributed by atoms with Gasteiger partial charge in [-0.05, 0) is 42.0 Å². The maximum Gasteiger partial charge on any atom is 0.225 e. The maximum atomic E-state index is 12.6. The van der Waals surface area contributed by atoms with Crippen LogP contribution in [0.5, 0.6) is 0 Å². The summed E-state index contributed by atoms with van der Waals surface area (Å²) in [6, 6.07) is 22.2. The molecule has 162 valence electrons. The monoisotopic (exact) mass is 419 g/mol. The van der Waals surface area contributed by atoms with E-state index in [2.05, 4.69) is 39.4 Å². The predicted octanol–water partition coefficient (Wildman–Crippen LogP) is 4.15. The zero-order valence-corrected chi connectivity index (χ0v) is 17.7. The van der Waals surface area contributed by atoms with Crippen molar-refractivity contribution in [2.75, 3.05) is 43.1 Å². The Kier molecular flexibility index (Phi) is 7.37. The molecule has 1 N–H and O–H groups in total. The molecule has 4 rings (SSSR count). The first-order valence-corrected chi connectivity index (χ1v) is 10.8. The van der Waals surface area contributed by atoms with Gasteiger partial charge in [-0.15, -0.1) is 0 Å². The summed E-state index contributed by atoms with van der Waals surface area (Å²) in [6.07, 6.45) is 2.10. The summed E-state index contributed by atoms with van der Waals surface area (Å²) in [6.45, 7) is 5.41. The van der Waals surface area contributed by atoms with Gasteiger partial charge in [0.2, 0.25) is 5.91 Å². The summed E-state index contributed by atoms with van der Waals surface area (Å²) in [4.78, 5) is 17.1. The number of furan rings is 1. The van der Waals surface area contributed by atoms with E-state index in [-0.39, 0.29) is 5.91 Å². The minimum absolute atomic E-state index is 0.0108. The third-order valence-corrected chi connectivity index (χ3v) is 5.39. The summed E-state index contributed by atoms with van der Waals surface area (Å²) in [5.74, 6) is 0.909. The number of carbonyl (C=O) groups excluding carboxylic acids is 1. The summed E-state index contributed by atoms with van der Waals surface area (Å²) in [7, 11) is 0. The number of amides is 1. The molecular formula is C25H29N3O3. The van der Waals surface area contributed by atoms with Crippen molar-refractivity contribution in [2.24, 2.45) is 0 Å². The Balaban J connectivity index is 1.30. The van der Waals surface area contributed by atoms with Crippen LogP contribution >= 0.6 is 0 Å². The highest BCUT2D eigenvalue weighted by Crippen LogP contribution is 2.19. The molecule has 31 heavy (non-hydrogen) atoms. The van der Waals surface area contributed by atoms with Gasteiger partial charge >= 0.3 is 0 Å². The topological polar surface area (TPSA) is 58.0 Å². The van der Waals surface area contributed by atoms with Crippen LogP contribution in [-0.2, 0) is 22.6 Å². The highest BCUT2D eigenvalue weighted by molar-refractivity contribution is 5.91. The van der Waals surface area contributed by atoms with E-state index >= 15 is 0 Å². The Morgan fingerprint density at radius 2 is 1.71 bits per heavy atom. The first-order chi connectivity index (χ1) is 15.3. The fraction of sp³-hybridized carbons (Fsp3) is 0.320. The summed E-state index contributed by atoms with van der Waals surface area (Å²) in [5.41, 5.74) is 3.20. The normalized spacial score (nSPS) is 14.0. The molecule has 3 aromatic rings. The molecule has 2 heterocycles. The molecule has 1 aliphatic rings. The van der Waals surface area contributed by atoms with Gasteiger partial charge in [0.05, 0.1) is 26.0 Å². The van der Waals surface area contributed by atoms with Crippen molar-refractivity contribution < 1.29 is 13.9 Å². The first kappa shape index (κ1) is 21.2. The van der Waals surface area contributed by atoms with Crippen LogP contribution in [0.3, 0.4) is 0 Å². The Morgan fingerprint density at radius 1 is 0.935 bits per heavy atom. The minimum Gasteiger partial charge on any atom is -0.468 e. The van der Waals surface area contributed by atoms with Crippen molar-refractivity contribution >= 4 is 17.3 Å². The number of ether oxygens (including phenoxy) is 1. The maximum absolute atomic E-state index is 12.6. The van der Waals surface area contributed by atoms with Crippen molar-refractivity contribution in [1.29, 1.82) is 0 Å². The molecule has 0 aliphatic carbocycles. The fourth-order valence-electron chi connectivity index (χ4n) is 3.74. The number of carbonyl (C=O) groups is 1. The fourth-order valence-corrected chi connectivity index (χ4v) is 3.74. The molecule has 1 amide bonds. The average Bonchev–Trinajstić information content (AvgIpc) is 3.32. The Labute approximate surface area is 183 Å². The zero-order valence-electron chi connectivity index (χ0n) is 17.7. The minimum atomic E-state index is 0.0108. The lowest BCUT2D eigenvalue weighted by molar-refractivity contribution is -0.116. The number of benzene rings is 2. The van der Waals surface area contributed by atoms with E-state index < -0.39 is 0 Å². The summed E-state index contributed by atoms with van der Waals surface area (Å²) >= 11 is 0. The van der Waals surface area contributed by atoms with E-state index in [1.54, 1.807) is 6.26 Å². The van der Waals surface area contributed by atoms with E-state index in [1.165, 1.54) is 5.56 Å². The number of hydrogen-bond donors (Lipinski definition) is 1. The second-order valence-electron chi connectivity index (χ2n) is 7.72. The third kappa shape index (κ3) is 6.44. The van der Waals surface area contributed by atoms with Gasteiger partial charge in [-0.2, -0.15) is 0 Å². The van der Waals surface area contributed by atoms with Crippen LogP contribution < -0.4 is 10.2 Å². The van der Waals surface area contributed by atoms with Crippen molar-refractivity contribution in [3.8, 4) is 0 Å². The molecule has 0 unspecified atom stereocenters. The van der Waals surface area contributed by atoms with Gasteiger partial charge in [-0.1, -0.05) is 30.3 Å². The largest absolute Gasteiger partial charge is 0.468 e. The van der Waals surface area contributed by atoms with Crippen LogP contribution in [-0.4, -0.2) is 43.7 Å². The van der Waals surface area contributed by atoms with E-state index in [4.69, 9.17) is 9.15 Å². The van der Waals surface area contributed by atoms with Crippen LogP contribution in [0, 0.1) is 0 Å². The molecule has 1 fully saturated rings. The zero-order chi connectivity index (χ0) is 21.3. The molecule has 1 aliphatic heterocycles. The van der Waals surface area contributed by atoms with Crippen LogP contribution in [0.4, 0.5) is 11.4 Å². The number of nitrogens with one attached hydrogen (secondary N) is 1. The third-order valence-electron chi connectivity index (χ3n) is 5.39. The van der Waals surface area contributed by atoms with Crippen molar-refractivity contribution in [2.45, 2.75) is 19.5 Å². The van der Waals surface area contributed by atoms with Gasteiger partial charge in [-0.3, -0.25) is 9.69 Å². The molecule has 0 saturated carbocycles. The van der Waals surface area contributed by atoms with Crippen molar-refractivity contribution in [3.05, 3.63) is 84.3 Å². The Morgan fingerprint density at radius 3 is 2.42 bits per heavy atom. The van der Waals surface area contributed by atoms with Crippen LogP contribution in [0.2, 0.25) is 0 Å². The van der Waals surface area contributed by atoms with Gasteiger partial charge in [0.15, 0.2) is 0 Å². The second kappa shape index (κ2) is 10.8. The number of nitrogens with zero attached hydrogens (tertiary/aromatic N) is 2. The van der Waals surface area contributed by atoms with Gasteiger partial charge < -0.3 is 19.4 Å². The van der Waals surface area contributed by atoms with Crippen LogP contribution in [0.25, 0.3) is 0 Å². The molecule has 0 radical (unpaired) electrons. The van der Waals surface area contributed by atoms with Gasteiger partial charge in [-0.25, -0.2) is 0 Å². The SMILES string of the molecule is O=C(CCN(Cc1ccccc1)Cc1ccco1)Nc1ccc(N2CCOCC2)cc1. The average molecular weight is 420 g/mol. The number of rotatable bonds is 9. The van der Waals surface area contributed by atoms with Crippen LogP contribution in [0.15, 0.2) is 77.4 Å². The number of hydrogen-bond acceptors (Lipinski definition) is 5. The molecule has 1 aromatic heterocycles. The number of morpholine rings is 1. The second-order valence-corrected chi connectivity index (χ2v) is 7.72. The van der Waals surface area contributed by atoms with Crippen LogP contribution in [0.1, 0.15) is 17.7 Å². The predicted molar refractivity (Wildman–Crippen MR) is 122 cm³/mol. The van der Waals surface area contributed by atoms with Gasteiger partial charge in [0.25, 0.3) is 0 Å². The molecule has 0 spiro atoms. The first-order valence-electron chi connectivity index (χ1n) is 10.8. The lowest BCUT2D eigenvalue weighted by Crippen LogP contribution is -2.36. The van der Waals surface area contributed by atoms with Crippen molar-refractivity contribution in [1.82, 2.24) is 4.90 Å². The van der Waals surface area contributed by atoms with E-state index in [9.17, 15) is 4.79 Å². The smallest absolute Gasteiger partial charge is 0.225 e. The lowest BCUT2D eigenvalue weighted by atomic mass is 10.2. The van der Waals surface area contributed by atoms with E-state index in [0.717, 1.165) is 50.0 Å².